The lowest BCUT2D eigenvalue weighted by atomic mass is 10.1. The number of thiocarbonyl (C=S) groups is 1. The van der Waals surface area contributed by atoms with Crippen LogP contribution in [-0.2, 0) is 24.2 Å². The van der Waals surface area contributed by atoms with Gasteiger partial charge in [0.2, 0.25) is 0 Å². The van der Waals surface area contributed by atoms with Gasteiger partial charge in [0.15, 0.2) is 5.11 Å². The van der Waals surface area contributed by atoms with E-state index < -0.39 is 0 Å². The van der Waals surface area contributed by atoms with Crippen molar-refractivity contribution in [2.45, 2.75) is 45.4 Å². The third kappa shape index (κ3) is 5.51. The Morgan fingerprint density at radius 2 is 2.03 bits per heavy atom. The van der Waals surface area contributed by atoms with Crippen molar-refractivity contribution in [3.05, 3.63) is 81.6 Å². The van der Waals surface area contributed by atoms with Crippen LogP contribution in [0.3, 0.4) is 0 Å². The number of aryl methyl sites for hydroxylation is 1. The zero-order valence-corrected chi connectivity index (χ0v) is 18.7. The molecule has 5 nitrogen and oxygen atoms in total. The molecule has 0 aliphatic carbocycles. The monoisotopic (exact) mass is 435 g/mol. The molecule has 2 N–H and O–H groups in total. The first-order chi connectivity index (χ1) is 15.1. The van der Waals surface area contributed by atoms with Gasteiger partial charge in [-0.25, -0.2) is 0 Å². The molecule has 0 amide bonds. The first kappa shape index (κ1) is 21.5. The van der Waals surface area contributed by atoms with Crippen molar-refractivity contribution in [2.24, 2.45) is 0 Å². The summed E-state index contributed by atoms with van der Waals surface area (Å²) in [5, 5.41) is 5.05. The molecular formula is C25H29N3O2S. The zero-order chi connectivity index (χ0) is 21.6. The summed E-state index contributed by atoms with van der Waals surface area (Å²) < 4.78 is 5.85. The third-order valence-corrected chi connectivity index (χ3v) is 6.18. The molecule has 1 aromatic heterocycles. The van der Waals surface area contributed by atoms with E-state index in [9.17, 15) is 4.79 Å². The van der Waals surface area contributed by atoms with E-state index >= 15 is 0 Å². The predicted molar refractivity (Wildman–Crippen MR) is 129 cm³/mol. The number of nitrogens with zero attached hydrogens (tertiary/aromatic N) is 1. The van der Waals surface area contributed by atoms with Gasteiger partial charge in [0.05, 0.1) is 12.6 Å². The van der Waals surface area contributed by atoms with Gasteiger partial charge in [-0.1, -0.05) is 43.3 Å². The Balaban J connectivity index is 1.55. The maximum Gasteiger partial charge on any atom is 0.253 e. The highest BCUT2D eigenvalue weighted by molar-refractivity contribution is 7.80. The van der Waals surface area contributed by atoms with Crippen molar-refractivity contribution in [2.75, 3.05) is 13.2 Å². The lowest BCUT2D eigenvalue weighted by Gasteiger charge is -2.28. The maximum atomic E-state index is 12.8. The molecule has 0 saturated carbocycles. The van der Waals surface area contributed by atoms with Crippen molar-refractivity contribution in [3.8, 4) is 0 Å². The summed E-state index contributed by atoms with van der Waals surface area (Å²) in [6.07, 6.45) is 3.19. The van der Waals surface area contributed by atoms with Crippen LogP contribution >= 0.6 is 12.2 Å². The minimum atomic E-state index is -0.0695. The molecule has 1 aliphatic rings. The summed E-state index contributed by atoms with van der Waals surface area (Å²) in [5.41, 5.74) is 3.92. The normalized spacial score (nSPS) is 15.8. The van der Waals surface area contributed by atoms with Crippen molar-refractivity contribution >= 4 is 28.2 Å². The molecule has 4 rings (SSSR count). The highest BCUT2D eigenvalue weighted by atomic mass is 32.1. The predicted octanol–water partition coefficient (Wildman–Crippen LogP) is 4.15. The van der Waals surface area contributed by atoms with Crippen LogP contribution in [-0.4, -0.2) is 34.3 Å². The second-order valence-corrected chi connectivity index (χ2v) is 8.45. The molecule has 1 fully saturated rings. The molecular weight excluding hydrogens is 406 g/mol. The van der Waals surface area contributed by atoms with E-state index in [0.717, 1.165) is 42.3 Å². The Hall–Kier alpha value is -2.70. The van der Waals surface area contributed by atoms with Crippen LogP contribution in [0.5, 0.6) is 0 Å². The van der Waals surface area contributed by atoms with E-state index in [1.807, 2.05) is 30.3 Å². The van der Waals surface area contributed by atoms with Crippen LogP contribution in [0, 0.1) is 0 Å². The summed E-state index contributed by atoms with van der Waals surface area (Å²) in [6, 6.07) is 18.4. The van der Waals surface area contributed by atoms with Crippen molar-refractivity contribution in [1.82, 2.24) is 15.2 Å². The summed E-state index contributed by atoms with van der Waals surface area (Å²) in [7, 11) is 0. The number of hydrogen-bond acceptors (Lipinski definition) is 3. The van der Waals surface area contributed by atoms with Gasteiger partial charge in [-0.05, 0) is 66.2 Å². The van der Waals surface area contributed by atoms with E-state index in [0.29, 0.717) is 30.3 Å². The molecule has 1 atom stereocenters. The molecule has 6 heteroatoms. The van der Waals surface area contributed by atoms with E-state index in [2.05, 4.69) is 46.4 Å². The molecule has 3 aromatic rings. The minimum absolute atomic E-state index is 0.0695. The van der Waals surface area contributed by atoms with Gasteiger partial charge in [0.1, 0.15) is 0 Å². The summed E-state index contributed by atoms with van der Waals surface area (Å²) in [5.74, 6) is 0. The molecule has 1 aliphatic heterocycles. The first-order valence-electron chi connectivity index (χ1n) is 11.0. The fourth-order valence-corrected chi connectivity index (χ4v) is 4.19. The van der Waals surface area contributed by atoms with Crippen LogP contribution in [0.25, 0.3) is 10.9 Å². The summed E-state index contributed by atoms with van der Waals surface area (Å²) in [6.45, 7) is 4.69. The second kappa shape index (κ2) is 10.1. The lowest BCUT2D eigenvalue weighted by Crippen LogP contribution is -2.43. The quantitative estimate of drug-likeness (QED) is 0.546. The Kier molecular flexibility index (Phi) is 6.99. The van der Waals surface area contributed by atoms with Crippen LogP contribution in [0.4, 0.5) is 0 Å². The van der Waals surface area contributed by atoms with Crippen molar-refractivity contribution < 1.29 is 4.74 Å². The molecule has 0 spiro atoms. The molecule has 0 bridgehead atoms. The standard InChI is InChI=1S/C25H29N3O2S/c1-2-18-10-11-23-20(13-18)14-21(24(29)27-23)16-28(17-22-9-6-12-30-22)25(31)26-15-19-7-4-3-5-8-19/h3-5,7-8,10-11,13-14,22H,2,6,9,12,15-17H2,1H3,(H,26,31)(H,27,29)/t22-/m0/s1. The summed E-state index contributed by atoms with van der Waals surface area (Å²) in [4.78, 5) is 17.9. The van der Waals surface area contributed by atoms with Crippen molar-refractivity contribution in [1.29, 1.82) is 0 Å². The van der Waals surface area contributed by atoms with Gasteiger partial charge in [-0.15, -0.1) is 0 Å². The third-order valence-electron chi connectivity index (χ3n) is 5.78. The van der Waals surface area contributed by atoms with Crippen LogP contribution in [0.1, 0.15) is 36.5 Å². The number of hydrogen-bond donors (Lipinski definition) is 2. The highest BCUT2D eigenvalue weighted by Gasteiger charge is 2.22. The Labute approximate surface area is 188 Å². The second-order valence-electron chi connectivity index (χ2n) is 8.06. The number of aromatic nitrogens is 1. The first-order valence-corrected chi connectivity index (χ1v) is 11.4. The lowest BCUT2D eigenvalue weighted by molar-refractivity contribution is 0.0896. The number of H-pyrrole nitrogens is 1. The number of ether oxygens (including phenoxy) is 1. The van der Waals surface area contributed by atoms with Gasteiger partial charge >= 0.3 is 0 Å². The molecule has 162 valence electrons. The molecule has 0 radical (unpaired) electrons. The fraction of sp³-hybridized carbons (Fsp3) is 0.360. The van der Waals surface area contributed by atoms with E-state index in [4.69, 9.17) is 17.0 Å². The van der Waals surface area contributed by atoms with E-state index in [1.165, 1.54) is 5.56 Å². The van der Waals surface area contributed by atoms with Gasteiger partial charge < -0.3 is 19.9 Å². The number of rotatable bonds is 7. The number of fused-ring (bicyclic) bond motifs is 1. The molecule has 31 heavy (non-hydrogen) atoms. The topological polar surface area (TPSA) is 57.4 Å². The average molecular weight is 436 g/mol. The molecule has 2 heterocycles. The average Bonchev–Trinajstić information content (AvgIpc) is 3.31. The van der Waals surface area contributed by atoms with Crippen LogP contribution in [0.2, 0.25) is 0 Å². The number of nitrogens with one attached hydrogen (secondary N) is 2. The van der Waals surface area contributed by atoms with Crippen LogP contribution < -0.4 is 10.9 Å². The number of aromatic amines is 1. The zero-order valence-electron chi connectivity index (χ0n) is 17.9. The maximum absolute atomic E-state index is 12.8. The minimum Gasteiger partial charge on any atom is -0.376 e. The largest absolute Gasteiger partial charge is 0.376 e. The Morgan fingerprint density at radius 3 is 2.77 bits per heavy atom. The van der Waals surface area contributed by atoms with Gasteiger partial charge in [-0.2, -0.15) is 0 Å². The van der Waals surface area contributed by atoms with E-state index in [1.54, 1.807) is 0 Å². The Bertz CT molecular complexity index is 1090. The van der Waals surface area contributed by atoms with E-state index in [-0.39, 0.29) is 11.7 Å². The molecule has 2 aromatic carbocycles. The smallest absolute Gasteiger partial charge is 0.253 e. The van der Waals surface area contributed by atoms with Gasteiger partial charge in [-0.3, -0.25) is 4.79 Å². The molecule has 0 unspecified atom stereocenters. The molecule has 1 saturated heterocycles. The Morgan fingerprint density at radius 1 is 1.19 bits per heavy atom. The van der Waals surface area contributed by atoms with Gasteiger partial charge in [0.25, 0.3) is 5.56 Å². The van der Waals surface area contributed by atoms with Crippen molar-refractivity contribution in [3.63, 3.8) is 0 Å². The van der Waals surface area contributed by atoms with Crippen LogP contribution in [0.15, 0.2) is 59.4 Å². The fourth-order valence-electron chi connectivity index (χ4n) is 3.98. The highest BCUT2D eigenvalue weighted by Crippen LogP contribution is 2.18. The number of pyridine rings is 1. The SMILES string of the molecule is CCc1ccc2[nH]c(=O)c(CN(C[C@@H]3CCCO3)C(=S)NCc3ccccc3)cc2c1. The van der Waals surface area contributed by atoms with Gasteiger partial charge in [0, 0.05) is 30.8 Å². The number of benzene rings is 2. The summed E-state index contributed by atoms with van der Waals surface area (Å²) >= 11 is 5.73.